The third kappa shape index (κ3) is 1.96. The van der Waals surface area contributed by atoms with Crippen LogP contribution in [0.2, 0.25) is 0 Å². The van der Waals surface area contributed by atoms with E-state index < -0.39 is 10.8 Å². The molecule has 0 aromatic heterocycles. The van der Waals surface area contributed by atoms with Gasteiger partial charge in [0.15, 0.2) is 0 Å². The van der Waals surface area contributed by atoms with Gasteiger partial charge in [0, 0.05) is 24.9 Å². The molecule has 22 heavy (non-hydrogen) atoms. The van der Waals surface area contributed by atoms with Crippen molar-refractivity contribution in [3.63, 3.8) is 0 Å². The fraction of sp³-hybridized carbons (Fsp3) is 0.765. The van der Waals surface area contributed by atoms with Crippen LogP contribution in [-0.4, -0.2) is 29.7 Å². The van der Waals surface area contributed by atoms with Gasteiger partial charge in [-0.1, -0.05) is 20.8 Å². The average molecular weight is 301 g/mol. The van der Waals surface area contributed by atoms with E-state index in [0.717, 1.165) is 12.8 Å². The van der Waals surface area contributed by atoms with Crippen molar-refractivity contribution < 1.29 is 9.59 Å². The average Bonchev–Trinajstić information content (AvgIpc) is 2.77. The first-order chi connectivity index (χ1) is 10.3. The fourth-order valence-electron chi connectivity index (χ4n) is 4.32. The topological polar surface area (TPSA) is 85.0 Å². The maximum atomic E-state index is 13.2. The summed E-state index contributed by atoms with van der Waals surface area (Å²) in [6.45, 7) is 6.69. The highest BCUT2D eigenvalue weighted by molar-refractivity contribution is 5.99. The number of carbonyl (C=O) groups excluding carboxylic acids is 2. The van der Waals surface area contributed by atoms with Crippen LogP contribution in [0.1, 0.15) is 52.9 Å². The summed E-state index contributed by atoms with van der Waals surface area (Å²) < 4.78 is 0. The van der Waals surface area contributed by atoms with Crippen molar-refractivity contribution in [2.75, 3.05) is 13.1 Å². The van der Waals surface area contributed by atoms with Crippen molar-refractivity contribution in [2.45, 2.75) is 52.9 Å². The van der Waals surface area contributed by atoms with E-state index in [1.807, 2.05) is 20.8 Å². The number of nitriles is 2. The minimum atomic E-state index is -0.663. The van der Waals surface area contributed by atoms with Crippen LogP contribution in [0.5, 0.6) is 0 Å². The monoisotopic (exact) mass is 301 g/mol. The normalized spacial score (nSPS) is 31.6. The van der Waals surface area contributed by atoms with Gasteiger partial charge < -0.3 is 4.90 Å². The SMILES string of the molecule is CC1(C)[C@]2(C(=O)N(CCC#N)CCC#N)CC[C@@]1(C)C(=O)C2. The standard InChI is InChI=1S/C17H23N3O2/c1-15(2)16(3)6-7-17(15,12-13(16)21)14(22)20(10-4-8-18)11-5-9-19/h4-7,10-12H2,1-3H3/t16-,17+/m0/s1. The van der Waals surface area contributed by atoms with Crippen molar-refractivity contribution in [1.82, 2.24) is 4.90 Å². The lowest BCUT2D eigenvalue weighted by Crippen LogP contribution is -2.49. The zero-order valence-corrected chi connectivity index (χ0v) is 13.6. The number of nitrogens with zero attached hydrogens (tertiary/aromatic N) is 3. The highest BCUT2D eigenvalue weighted by Crippen LogP contribution is 2.70. The van der Waals surface area contributed by atoms with Gasteiger partial charge in [-0.05, 0) is 18.3 Å². The van der Waals surface area contributed by atoms with E-state index in [2.05, 4.69) is 12.1 Å². The van der Waals surface area contributed by atoms with E-state index in [4.69, 9.17) is 10.5 Å². The van der Waals surface area contributed by atoms with E-state index in [-0.39, 0.29) is 29.9 Å². The molecule has 2 aliphatic carbocycles. The third-order valence-electron chi connectivity index (χ3n) is 6.39. The number of hydrogen-bond acceptors (Lipinski definition) is 4. The Morgan fingerprint density at radius 1 is 1.14 bits per heavy atom. The molecule has 2 bridgehead atoms. The molecule has 0 N–H and O–H groups in total. The molecule has 0 radical (unpaired) electrons. The summed E-state index contributed by atoms with van der Waals surface area (Å²) >= 11 is 0. The van der Waals surface area contributed by atoms with Crippen LogP contribution in [0.25, 0.3) is 0 Å². The lowest BCUT2D eigenvalue weighted by molar-refractivity contribution is -0.147. The smallest absolute Gasteiger partial charge is 0.229 e. The Kier molecular flexibility index (Phi) is 4.04. The molecule has 2 fully saturated rings. The van der Waals surface area contributed by atoms with E-state index >= 15 is 0 Å². The van der Waals surface area contributed by atoms with Crippen LogP contribution in [0, 0.1) is 38.9 Å². The summed E-state index contributed by atoms with van der Waals surface area (Å²) in [5.74, 6) is 0.134. The van der Waals surface area contributed by atoms with Gasteiger partial charge in [0.25, 0.3) is 0 Å². The molecule has 5 heteroatoms. The van der Waals surface area contributed by atoms with Crippen LogP contribution in [0.15, 0.2) is 0 Å². The molecule has 2 rings (SSSR count). The van der Waals surface area contributed by atoms with Gasteiger partial charge in [0.05, 0.1) is 30.4 Å². The fourth-order valence-corrected chi connectivity index (χ4v) is 4.32. The number of ketones is 1. The lowest BCUT2D eigenvalue weighted by Gasteiger charge is -2.41. The van der Waals surface area contributed by atoms with Crippen molar-refractivity contribution in [2.24, 2.45) is 16.2 Å². The molecule has 2 atom stereocenters. The first-order valence-electron chi connectivity index (χ1n) is 7.83. The molecule has 2 aliphatic rings. The van der Waals surface area contributed by atoms with Gasteiger partial charge in [-0.15, -0.1) is 0 Å². The van der Waals surface area contributed by atoms with Gasteiger partial charge in [-0.3, -0.25) is 9.59 Å². The molecule has 2 saturated carbocycles. The Balaban J connectivity index is 2.32. The number of rotatable bonds is 5. The van der Waals surface area contributed by atoms with Gasteiger partial charge in [-0.2, -0.15) is 10.5 Å². The predicted molar refractivity (Wildman–Crippen MR) is 80.2 cm³/mol. The van der Waals surface area contributed by atoms with Gasteiger partial charge in [-0.25, -0.2) is 0 Å². The van der Waals surface area contributed by atoms with E-state index in [9.17, 15) is 9.59 Å². The summed E-state index contributed by atoms with van der Waals surface area (Å²) in [5.41, 5.74) is -1.48. The number of carbonyl (C=O) groups is 2. The van der Waals surface area contributed by atoms with Crippen LogP contribution >= 0.6 is 0 Å². The van der Waals surface area contributed by atoms with Gasteiger partial charge >= 0.3 is 0 Å². The number of hydrogen-bond donors (Lipinski definition) is 0. The van der Waals surface area contributed by atoms with Crippen molar-refractivity contribution in [1.29, 1.82) is 10.5 Å². The summed E-state index contributed by atoms with van der Waals surface area (Å²) in [6.07, 6.45) is 2.26. The summed E-state index contributed by atoms with van der Waals surface area (Å²) in [4.78, 5) is 27.3. The van der Waals surface area contributed by atoms with Crippen molar-refractivity contribution in [3.05, 3.63) is 0 Å². The zero-order valence-electron chi connectivity index (χ0n) is 13.6. The Hall–Kier alpha value is -1.88. The third-order valence-corrected chi connectivity index (χ3v) is 6.39. The van der Waals surface area contributed by atoms with Crippen LogP contribution in [0.4, 0.5) is 0 Å². The minimum Gasteiger partial charge on any atom is -0.340 e. The Labute approximate surface area is 131 Å². The van der Waals surface area contributed by atoms with E-state index in [0.29, 0.717) is 19.5 Å². The quantitative estimate of drug-likeness (QED) is 0.780. The molecule has 0 saturated heterocycles. The van der Waals surface area contributed by atoms with Crippen LogP contribution in [-0.2, 0) is 9.59 Å². The minimum absolute atomic E-state index is 0.0439. The molecule has 1 amide bonds. The van der Waals surface area contributed by atoms with E-state index in [1.54, 1.807) is 4.90 Å². The number of fused-ring (bicyclic) bond motifs is 2. The summed E-state index contributed by atoms with van der Waals surface area (Å²) in [6, 6.07) is 4.11. The molecule has 0 aromatic rings. The first-order valence-corrected chi connectivity index (χ1v) is 7.83. The van der Waals surface area contributed by atoms with Crippen LogP contribution in [0.3, 0.4) is 0 Å². The molecule has 0 spiro atoms. The maximum Gasteiger partial charge on any atom is 0.229 e. The second-order valence-corrected chi connectivity index (χ2v) is 7.25. The zero-order chi connectivity index (χ0) is 16.6. The highest BCUT2D eigenvalue weighted by Gasteiger charge is 2.72. The molecule has 118 valence electrons. The van der Waals surface area contributed by atoms with Crippen LogP contribution < -0.4 is 0 Å². The second kappa shape index (κ2) is 5.39. The molecule has 0 aliphatic heterocycles. The second-order valence-electron chi connectivity index (χ2n) is 7.25. The Bertz CT molecular complexity index is 566. The lowest BCUT2D eigenvalue weighted by atomic mass is 9.64. The molecule has 5 nitrogen and oxygen atoms in total. The first kappa shape index (κ1) is 16.5. The molecular weight excluding hydrogens is 278 g/mol. The Morgan fingerprint density at radius 2 is 1.68 bits per heavy atom. The Morgan fingerprint density at radius 3 is 2.05 bits per heavy atom. The predicted octanol–water partition coefficient (Wildman–Crippen LogP) is 2.43. The molecule has 0 heterocycles. The molecule has 0 unspecified atom stereocenters. The van der Waals surface area contributed by atoms with Crippen molar-refractivity contribution in [3.8, 4) is 12.1 Å². The number of Topliss-reactive ketones (excluding diaryl/α,β-unsaturated/α-hetero) is 1. The van der Waals surface area contributed by atoms with E-state index in [1.165, 1.54) is 0 Å². The molecule has 0 aromatic carbocycles. The highest BCUT2D eigenvalue weighted by atomic mass is 16.2. The van der Waals surface area contributed by atoms with Gasteiger partial charge in [0.1, 0.15) is 5.78 Å². The van der Waals surface area contributed by atoms with Gasteiger partial charge in [0.2, 0.25) is 5.91 Å². The maximum absolute atomic E-state index is 13.2. The molecular formula is C17H23N3O2. The van der Waals surface area contributed by atoms with Crippen molar-refractivity contribution >= 4 is 11.7 Å². The summed E-state index contributed by atoms with van der Waals surface area (Å²) in [7, 11) is 0. The largest absolute Gasteiger partial charge is 0.340 e. The summed E-state index contributed by atoms with van der Waals surface area (Å²) in [5, 5.41) is 17.6. The number of amides is 1.